The van der Waals surface area contributed by atoms with Crippen LogP contribution >= 0.6 is 22.9 Å². The van der Waals surface area contributed by atoms with E-state index >= 15 is 0 Å². The van der Waals surface area contributed by atoms with Gasteiger partial charge in [-0.3, -0.25) is 4.79 Å². The quantitative estimate of drug-likeness (QED) is 0.510. The van der Waals surface area contributed by atoms with Crippen LogP contribution in [0.3, 0.4) is 0 Å². The Morgan fingerprint density at radius 1 is 1.12 bits per heavy atom. The third-order valence-corrected chi connectivity index (χ3v) is 5.34. The number of benzene rings is 2. The van der Waals surface area contributed by atoms with Gasteiger partial charge in [0.05, 0.1) is 18.4 Å². The lowest BCUT2D eigenvalue weighted by Crippen LogP contribution is -2.11. The minimum absolute atomic E-state index is 0.269. The summed E-state index contributed by atoms with van der Waals surface area (Å²) in [6.07, 6.45) is 1.46. The highest BCUT2D eigenvalue weighted by Gasteiger charge is 2.12. The van der Waals surface area contributed by atoms with E-state index in [1.807, 2.05) is 36.4 Å². The molecule has 0 radical (unpaired) electrons. The predicted molar refractivity (Wildman–Crippen MR) is 99.8 cm³/mol. The largest absolute Gasteiger partial charge is 0.326 e. The number of fused-ring (bicyclic) bond motifs is 1. The third-order valence-electron chi connectivity index (χ3n) is 3.94. The first-order valence-electron chi connectivity index (χ1n) is 7.60. The van der Waals surface area contributed by atoms with Gasteiger partial charge in [0.15, 0.2) is 0 Å². The summed E-state index contributed by atoms with van der Waals surface area (Å²) in [6.45, 7) is 0.276. The SMILES string of the molecule is O=c1ncn(Cc2ccc(Cl)cc2F)c2cc(-c3ccccc3)sc12. The van der Waals surface area contributed by atoms with E-state index in [1.54, 1.807) is 16.7 Å². The number of aromatic nitrogens is 2. The number of hydrogen-bond acceptors (Lipinski definition) is 3. The summed E-state index contributed by atoms with van der Waals surface area (Å²) in [5, 5.41) is 0.353. The van der Waals surface area contributed by atoms with Crippen LogP contribution in [-0.4, -0.2) is 9.55 Å². The smallest absolute Gasteiger partial charge is 0.290 e. The van der Waals surface area contributed by atoms with Crippen LogP contribution in [0.25, 0.3) is 20.7 Å². The van der Waals surface area contributed by atoms with Crippen molar-refractivity contribution in [3.05, 3.63) is 87.7 Å². The van der Waals surface area contributed by atoms with Gasteiger partial charge < -0.3 is 4.57 Å². The summed E-state index contributed by atoms with van der Waals surface area (Å²) in [7, 11) is 0. The van der Waals surface area contributed by atoms with Gasteiger partial charge in [-0.15, -0.1) is 11.3 Å². The summed E-state index contributed by atoms with van der Waals surface area (Å²) in [6, 6.07) is 16.4. The highest BCUT2D eigenvalue weighted by atomic mass is 35.5. The third kappa shape index (κ3) is 3.08. The lowest BCUT2D eigenvalue weighted by atomic mass is 10.2. The van der Waals surface area contributed by atoms with Gasteiger partial charge in [0, 0.05) is 15.5 Å². The van der Waals surface area contributed by atoms with E-state index in [1.165, 1.54) is 23.7 Å². The van der Waals surface area contributed by atoms with E-state index in [-0.39, 0.29) is 17.9 Å². The van der Waals surface area contributed by atoms with E-state index in [0.717, 1.165) is 16.0 Å². The topological polar surface area (TPSA) is 34.9 Å². The number of thiophene rings is 1. The number of rotatable bonds is 3. The fourth-order valence-corrected chi connectivity index (χ4v) is 3.92. The standard InChI is InChI=1S/C19H12ClFN2OS/c20-14-7-6-13(15(21)8-14)10-23-11-22-19(24)18-16(23)9-17(25-18)12-4-2-1-3-5-12/h1-9,11H,10H2. The lowest BCUT2D eigenvalue weighted by molar-refractivity contribution is 0.600. The van der Waals surface area contributed by atoms with Crippen molar-refractivity contribution in [1.82, 2.24) is 9.55 Å². The molecule has 0 unspecified atom stereocenters. The molecule has 0 N–H and O–H groups in total. The van der Waals surface area contributed by atoms with Gasteiger partial charge in [-0.05, 0) is 23.8 Å². The minimum atomic E-state index is -0.377. The van der Waals surface area contributed by atoms with Crippen molar-refractivity contribution in [3.63, 3.8) is 0 Å². The van der Waals surface area contributed by atoms with E-state index < -0.39 is 0 Å². The second-order valence-electron chi connectivity index (χ2n) is 5.60. The van der Waals surface area contributed by atoms with Crippen molar-refractivity contribution in [2.24, 2.45) is 0 Å². The highest BCUT2D eigenvalue weighted by Crippen LogP contribution is 2.31. The van der Waals surface area contributed by atoms with Crippen molar-refractivity contribution in [1.29, 1.82) is 0 Å². The second-order valence-corrected chi connectivity index (χ2v) is 7.09. The first kappa shape index (κ1) is 16.0. The van der Waals surface area contributed by atoms with Gasteiger partial charge in [-0.25, -0.2) is 4.39 Å². The molecule has 0 fully saturated rings. The Morgan fingerprint density at radius 2 is 1.92 bits per heavy atom. The van der Waals surface area contributed by atoms with Crippen molar-refractivity contribution >= 4 is 33.2 Å². The zero-order valence-corrected chi connectivity index (χ0v) is 14.5. The van der Waals surface area contributed by atoms with Gasteiger partial charge >= 0.3 is 0 Å². The molecular formula is C19H12ClFN2OS. The van der Waals surface area contributed by atoms with Gasteiger partial charge in [0.1, 0.15) is 10.5 Å². The van der Waals surface area contributed by atoms with Crippen molar-refractivity contribution in [2.75, 3.05) is 0 Å². The first-order chi connectivity index (χ1) is 12.1. The molecule has 0 spiro atoms. The van der Waals surface area contributed by atoms with Gasteiger partial charge in [0.25, 0.3) is 5.56 Å². The van der Waals surface area contributed by atoms with Crippen molar-refractivity contribution in [3.8, 4) is 10.4 Å². The Morgan fingerprint density at radius 3 is 2.68 bits per heavy atom. The maximum Gasteiger partial charge on any atom is 0.290 e. The van der Waals surface area contributed by atoms with E-state index in [4.69, 9.17) is 11.6 Å². The molecular weight excluding hydrogens is 359 g/mol. The summed E-state index contributed by atoms with van der Waals surface area (Å²) in [5.74, 6) is -0.377. The van der Waals surface area contributed by atoms with Crippen LogP contribution in [0.5, 0.6) is 0 Å². The molecule has 0 bridgehead atoms. The summed E-state index contributed by atoms with van der Waals surface area (Å²) < 4.78 is 16.5. The predicted octanol–water partition coefficient (Wildman–Crippen LogP) is 4.97. The molecule has 0 amide bonds. The molecule has 0 aliphatic heterocycles. The van der Waals surface area contributed by atoms with Gasteiger partial charge in [0.2, 0.25) is 0 Å². The molecule has 2 aromatic heterocycles. The zero-order valence-electron chi connectivity index (χ0n) is 12.9. The average Bonchev–Trinajstić information content (AvgIpc) is 3.07. The molecule has 4 aromatic rings. The molecule has 4 rings (SSSR count). The van der Waals surface area contributed by atoms with E-state index in [0.29, 0.717) is 15.3 Å². The normalized spacial score (nSPS) is 11.1. The average molecular weight is 371 g/mol. The van der Waals surface area contributed by atoms with Crippen LogP contribution in [0, 0.1) is 5.82 Å². The number of hydrogen-bond donors (Lipinski definition) is 0. The molecule has 3 nitrogen and oxygen atoms in total. The Kier molecular flexibility index (Phi) is 4.11. The fraction of sp³-hybridized carbons (Fsp3) is 0.0526. The summed E-state index contributed by atoms with van der Waals surface area (Å²) >= 11 is 7.21. The van der Waals surface area contributed by atoms with Gasteiger partial charge in [-0.1, -0.05) is 48.0 Å². The zero-order chi connectivity index (χ0) is 17.4. The molecule has 6 heteroatoms. The lowest BCUT2D eigenvalue weighted by Gasteiger charge is -2.08. The van der Waals surface area contributed by atoms with Crippen LogP contribution in [0.4, 0.5) is 4.39 Å². The summed E-state index contributed by atoms with van der Waals surface area (Å²) in [4.78, 5) is 17.0. The monoisotopic (exact) mass is 370 g/mol. The molecule has 0 saturated carbocycles. The van der Waals surface area contributed by atoms with Crippen molar-refractivity contribution < 1.29 is 4.39 Å². The molecule has 0 atom stereocenters. The van der Waals surface area contributed by atoms with E-state index in [2.05, 4.69) is 4.98 Å². The molecule has 0 aliphatic rings. The van der Waals surface area contributed by atoms with Crippen LogP contribution in [0.15, 0.2) is 65.7 Å². The number of halogens is 2. The molecule has 0 aliphatic carbocycles. The maximum absolute atomic E-state index is 14.1. The van der Waals surface area contributed by atoms with Crippen LogP contribution in [-0.2, 0) is 6.54 Å². The minimum Gasteiger partial charge on any atom is -0.326 e. The summed E-state index contributed by atoms with van der Waals surface area (Å²) in [5.41, 5.74) is 2.00. The Labute approximate surface area is 152 Å². The Bertz CT molecular complexity index is 1120. The van der Waals surface area contributed by atoms with E-state index in [9.17, 15) is 9.18 Å². The molecule has 0 saturated heterocycles. The highest BCUT2D eigenvalue weighted by molar-refractivity contribution is 7.22. The molecule has 2 aromatic carbocycles. The molecule has 124 valence electrons. The first-order valence-corrected chi connectivity index (χ1v) is 8.79. The van der Waals surface area contributed by atoms with Crippen LogP contribution in [0.2, 0.25) is 5.02 Å². The fourth-order valence-electron chi connectivity index (χ4n) is 2.70. The number of nitrogens with zero attached hydrogens (tertiary/aromatic N) is 2. The Hall–Kier alpha value is -2.50. The Balaban J connectivity index is 1.83. The van der Waals surface area contributed by atoms with Gasteiger partial charge in [-0.2, -0.15) is 4.98 Å². The second kappa shape index (κ2) is 6.43. The maximum atomic E-state index is 14.1. The van der Waals surface area contributed by atoms with Crippen LogP contribution < -0.4 is 5.56 Å². The molecule has 25 heavy (non-hydrogen) atoms. The molecule has 2 heterocycles. The van der Waals surface area contributed by atoms with Crippen LogP contribution in [0.1, 0.15) is 5.56 Å². The van der Waals surface area contributed by atoms with Crippen molar-refractivity contribution in [2.45, 2.75) is 6.54 Å².